The summed E-state index contributed by atoms with van der Waals surface area (Å²) < 4.78 is 27.1. The van der Waals surface area contributed by atoms with Gasteiger partial charge in [0.25, 0.3) is 10.0 Å². The Morgan fingerprint density at radius 2 is 1.81 bits per heavy atom. The van der Waals surface area contributed by atoms with Crippen molar-refractivity contribution in [1.82, 2.24) is 9.97 Å². The van der Waals surface area contributed by atoms with E-state index in [1.165, 1.54) is 18.2 Å². The van der Waals surface area contributed by atoms with Crippen molar-refractivity contribution >= 4 is 44.9 Å². The van der Waals surface area contributed by atoms with E-state index in [9.17, 15) is 8.42 Å². The van der Waals surface area contributed by atoms with Gasteiger partial charge in [0.05, 0.1) is 4.90 Å². The van der Waals surface area contributed by atoms with Crippen molar-refractivity contribution in [2.45, 2.75) is 18.7 Å². The van der Waals surface area contributed by atoms with Gasteiger partial charge in [0, 0.05) is 16.4 Å². The minimum absolute atomic E-state index is 0.0336. The second-order valence-corrected chi connectivity index (χ2v) is 6.85. The molecule has 2 aromatic rings. The van der Waals surface area contributed by atoms with Crippen LogP contribution in [0.3, 0.4) is 0 Å². The van der Waals surface area contributed by atoms with Crippen molar-refractivity contribution in [2.75, 3.05) is 10.5 Å². The summed E-state index contributed by atoms with van der Waals surface area (Å²) in [6, 6.07) is 4.31. The van der Waals surface area contributed by atoms with Crippen LogP contribution in [0.1, 0.15) is 11.3 Å². The Bertz CT molecular complexity index is 789. The molecule has 2 rings (SSSR count). The normalized spacial score (nSPS) is 11.4. The van der Waals surface area contributed by atoms with E-state index >= 15 is 0 Å². The van der Waals surface area contributed by atoms with Crippen LogP contribution in [0.25, 0.3) is 0 Å². The van der Waals surface area contributed by atoms with E-state index in [1.54, 1.807) is 13.8 Å². The summed E-state index contributed by atoms with van der Waals surface area (Å²) in [6.45, 7) is 3.26. The molecule has 1 heterocycles. The van der Waals surface area contributed by atoms with E-state index in [0.717, 1.165) is 0 Å². The van der Waals surface area contributed by atoms with Crippen LogP contribution in [0.4, 0.5) is 11.6 Å². The van der Waals surface area contributed by atoms with Crippen LogP contribution in [0.15, 0.2) is 23.1 Å². The number of rotatable bonds is 3. The fraction of sp³-hybridized carbons (Fsp3) is 0.167. The van der Waals surface area contributed by atoms with Gasteiger partial charge < -0.3 is 5.73 Å². The second kappa shape index (κ2) is 5.67. The van der Waals surface area contributed by atoms with Crippen LogP contribution in [0.5, 0.6) is 0 Å². The third-order valence-corrected chi connectivity index (χ3v) is 4.57. The minimum Gasteiger partial charge on any atom is -0.398 e. The molecular formula is C12H12Cl2N4O2S. The number of nitrogen functional groups attached to an aromatic ring is 1. The van der Waals surface area contributed by atoms with E-state index in [4.69, 9.17) is 28.9 Å². The van der Waals surface area contributed by atoms with Gasteiger partial charge in [-0.1, -0.05) is 23.2 Å². The van der Waals surface area contributed by atoms with Crippen molar-refractivity contribution in [2.24, 2.45) is 0 Å². The topological polar surface area (TPSA) is 98.0 Å². The van der Waals surface area contributed by atoms with Crippen molar-refractivity contribution in [3.05, 3.63) is 39.6 Å². The molecule has 0 saturated heterocycles. The highest BCUT2D eigenvalue weighted by Gasteiger charge is 2.20. The summed E-state index contributed by atoms with van der Waals surface area (Å²) in [5.74, 6) is -0.113. The number of sulfonamides is 1. The number of nitrogens with zero attached hydrogens (tertiary/aromatic N) is 2. The first-order chi connectivity index (χ1) is 9.69. The van der Waals surface area contributed by atoms with Crippen LogP contribution in [-0.4, -0.2) is 18.4 Å². The number of benzene rings is 1. The van der Waals surface area contributed by atoms with Crippen molar-refractivity contribution in [1.29, 1.82) is 0 Å². The highest BCUT2D eigenvalue weighted by Crippen LogP contribution is 2.27. The molecule has 6 nitrogen and oxygen atoms in total. The quantitative estimate of drug-likeness (QED) is 0.657. The summed E-state index contributed by atoms with van der Waals surface area (Å²) in [5.41, 5.74) is 6.95. The minimum atomic E-state index is -3.92. The average Bonchev–Trinajstić information content (AvgIpc) is 2.31. The maximum absolute atomic E-state index is 12.4. The standard InChI is InChI=1S/C12H12Cl2N4O2S/c1-6-3-11(14)17-12(16-6)18-21(19,20)10-5-8(13)4-9(15)7(10)2/h3-5H,15H2,1-2H3,(H,16,17,18). The molecule has 0 unspecified atom stereocenters. The van der Waals surface area contributed by atoms with Gasteiger partial charge in [-0.25, -0.2) is 23.1 Å². The van der Waals surface area contributed by atoms with Crippen LogP contribution < -0.4 is 10.5 Å². The summed E-state index contributed by atoms with van der Waals surface area (Å²) in [5, 5.41) is 0.365. The monoisotopic (exact) mass is 346 g/mol. The van der Waals surface area contributed by atoms with Gasteiger partial charge >= 0.3 is 0 Å². The fourth-order valence-corrected chi connectivity index (χ4v) is 3.48. The predicted molar refractivity (Wildman–Crippen MR) is 83.2 cm³/mol. The zero-order valence-corrected chi connectivity index (χ0v) is 13.5. The zero-order valence-electron chi connectivity index (χ0n) is 11.2. The molecular weight excluding hydrogens is 335 g/mol. The molecule has 0 saturated carbocycles. The molecule has 9 heteroatoms. The lowest BCUT2D eigenvalue weighted by molar-refractivity contribution is 0.600. The molecule has 112 valence electrons. The molecule has 0 radical (unpaired) electrons. The first-order valence-corrected chi connectivity index (χ1v) is 8.02. The smallest absolute Gasteiger partial charge is 0.264 e. The molecule has 3 N–H and O–H groups in total. The van der Waals surface area contributed by atoms with Gasteiger partial charge in [0.2, 0.25) is 5.95 Å². The maximum Gasteiger partial charge on any atom is 0.264 e. The maximum atomic E-state index is 12.4. The second-order valence-electron chi connectivity index (χ2n) is 4.38. The molecule has 0 amide bonds. The zero-order chi connectivity index (χ0) is 15.8. The van der Waals surface area contributed by atoms with Gasteiger partial charge in [-0.2, -0.15) is 0 Å². The molecule has 1 aromatic heterocycles. The van der Waals surface area contributed by atoms with Gasteiger partial charge in [-0.3, -0.25) is 0 Å². The van der Waals surface area contributed by atoms with E-state index in [-0.39, 0.29) is 26.7 Å². The number of aryl methyl sites for hydroxylation is 1. The van der Waals surface area contributed by atoms with Crippen LogP contribution in [0, 0.1) is 13.8 Å². The first-order valence-electron chi connectivity index (χ1n) is 5.78. The molecule has 0 bridgehead atoms. The van der Waals surface area contributed by atoms with Crippen LogP contribution in [-0.2, 0) is 10.0 Å². The Balaban J connectivity index is 2.48. The van der Waals surface area contributed by atoms with Crippen LogP contribution in [0.2, 0.25) is 10.2 Å². The highest BCUT2D eigenvalue weighted by atomic mass is 35.5. The summed E-state index contributed by atoms with van der Waals surface area (Å²) in [6.07, 6.45) is 0. The lowest BCUT2D eigenvalue weighted by atomic mass is 10.2. The summed E-state index contributed by atoms with van der Waals surface area (Å²) in [7, 11) is -3.92. The molecule has 1 aromatic carbocycles. The number of anilines is 2. The van der Waals surface area contributed by atoms with E-state index in [2.05, 4.69) is 14.7 Å². The number of nitrogens with one attached hydrogen (secondary N) is 1. The molecule has 0 aliphatic rings. The van der Waals surface area contributed by atoms with E-state index < -0.39 is 10.0 Å². The molecule has 0 spiro atoms. The Hall–Kier alpha value is -1.57. The number of hydrogen-bond acceptors (Lipinski definition) is 5. The third-order valence-electron chi connectivity index (χ3n) is 2.70. The predicted octanol–water partition coefficient (Wildman–Crippen LogP) is 2.78. The van der Waals surface area contributed by atoms with Gasteiger partial charge in [0.1, 0.15) is 5.15 Å². The number of hydrogen-bond donors (Lipinski definition) is 2. The summed E-state index contributed by atoms with van der Waals surface area (Å²) >= 11 is 11.6. The van der Waals surface area contributed by atoms with Crippen molar-refractivity contribution in [3.8, 4) is 0 Å². The first kappa shape index (κ1) is 15.8. The van der Waals surface area contributed by atoms with Gasteiger partial charge in [-0.15, -0.1) is 0 Å². The van der Waals surface area contributed by atoms with Crippen LogP contribution >= 0.6 is 23.2 Å². The van der Waals surface area contributed by atoms with Crippen molar-refractivity contribution in [3.63, 3.8) is 0 Å². The highest BCUT2D eigenvalue weighted by molar-refractivity contribution is 7.92. The van der Waals surface area contributed by atoms with E-state index in [1.807, 2.05) is 0 Å². The Labute approximate surface area is 132 Å². The lowest BCUT2D eigenvalue weighted by Gasteiger charge is -2.12. The van der Waals surface area contributed by atoms with E-state index in [0.29, 0.717) is 11.3 Å². The Morgan fingerprint density at radius 3 is 2.43 bits per heavy atom. The number of aromatic nitrogens is 2. The Kier molecular flexibility index (Phi) is 4.27. The summed E-state index contributed by atoms with van der Waals surface area (Å²) in [4.78, 5) is 7.75. The number of nitrogens with two attached hydrogens (primary N) is 1. The molecule has 0 aliphatic carbocycles. The molecule has 0 fully saturated rings. The fourth-order valence-electron chi connectivity index (χ4n) is 1.70. The Morgan fingerprint density at radius 1 is 1.14 bits per heavy atom. The molecule has 21 heavy (non-hydrogen) atoms. The van der Waals surface area contributed by atoms with Gasteiger partial charge in [0.15, 0.2) is 0 Å². The SMILES string of the molecule is Cc1cc(Cl)nc(NS(=O)(=O)c2cc(Cl)cc(N)c2C)n1. The number of halogens is 2. The van der Waals surface area contributed by atoms with Gasteiger partial charge in [-0.05, 0) is 37.6 Å². The van der Waals surface area contributed by atoms with Crippen molar-refractivity contribution < 1.29 is 8.42 Å². The molecule has 0 aliphatic heterocycles. The third kappa shape index (κ3) is 3.55. The average molecular weight is 347 g/mol. The largest absolute Gasteiger partial charge is 0.398 e. The molecule has 0 atom stereocenters. The lowest BCUT2D eigenvalue weighted by Crippen LogP contribution is -2.17.